The SMILES string of the molecule is CC(NC1CCS(=O)(=O)C1)c1cc(Cl)sc1Cl. The lowest BCUT2D eigenvalue weighted by Crippen LogP contribution is -2.32. The lowest BCUT2D eigenvalue weighted by atomic mass is 10.1. The van der Waals surface area contributed by atoms with Gasteiger partial charge in [-0.3, -0.25) is 0 Å². The number of sulfone groups is 1. The van der Waals surface area contributed by atoms with Gasteiger partial charge < -0.3 is 5.32 Å². The second kappa shape index (κ2) is 5.05. The Morgan fingerprint density at radius 3 is 2.71 bits per heavy atom. The molecule has 2 unspecified atom stereocenters. The Kier molecular flexibility index (Phi) is 4.05. The van der Waals surface area contributed by atoms with Crippen molar-refractivity contribution < 1.29 is 8.42 Å². The first-order valence-corrected chi connectivity index (χ1v) is 8.68. The zero-order chi connectivity index (χ0) is 12.6. The van der Waals surface area contributed by atoms with Crippen LogP contribution in [-0.4, -0.2) is 26.0 Å². The van der Waals surface area contributed by atoms with Crippen molar-refractivity contribution in [2.45, 2.75) is 25.4 Å². The number of hydrogen-bond acceptors (Lipinski definition) is 4. The van der Waals surface area contributed by atoms with Gasteiger partial charge >= 0.3 is 0 Å². The maximum atomic E-state index is 11.3. The standard InChI is InChI=1S/C10H13Cl2NO2S2/c1-6(8-4-9(11)16-10(8)12)13-7-2-3-17(14,15)5-7/h4,6-7,13H,2-3,5H2,1H3. The molecule has 0 bridgehead atoms. The molecule has 2 atom stereocenters. The molecule has 1 saturated heterocycles. The fraction of sp³-hybridized carbons (Fsp3) is 0.600. The van der Waals surface area contributed by atoms with E-state index in [9.17, 15) is 8.42 Å². The fourth-order valence-electron chi connectivity index (χ4n) is 2.02. The maximum Gasteiger partial charge on any atom is 0.151 e. The molecule has 0 radical (unpaired) electrons. The molecule has 1 aromatic rings. The minimum atomic E-state index is -2.85. The highest BCUT2D eigenvalue weighted by Gasteiger charge is 2.29. The second-order valence-corrected chi connectivity index (χ2v) is 8.78. The van der Waals surface area contributed by atoms with Crippen LogP contribution in [-0.2, 0) is 9.84 Å². The van der Waals surface area contributed by atoms with Gasteiger partial charge in [-0.15, -0.1) is 11.3 Å². The van der Waals surface area contributed by atoms with Crippen molar-refractivity contribution >= 4 is 44.4 Å². The van der Waals surface area contributed by atoms with Crippen LogP contribution in [0.25, 0.3) is 0 Å². The Balaban J connectivity index is 2.03. The van der Waals surface area contributed by atoms with Crippen LogP contribution in [0.5, 0.6) is 0 Å². The molecule has 7 heteroatoms. The number of hydrogen-bond donors (Lipinski definition) is 1. The molecule has 96 valence electrons. The zero-order valence-electron chi connectivity index (χ0n) is 9.24. The van der Waals surface area contributed by atoms with E-state index in [2.05, 4.69) is 5.32 Å². The Bertz CT molecular complexity index is 512. The Hall–Kier alpha value is 0.190. The van der Waals surface area contributed by atoms with E-state index >= 15 is 0 Å². The van der Waals surface area contributed by atoms with Crippen LogP contribution >= 0.6 is 34.5 Å². The van der Waals surface area contributed by atoms with Crippen molar-refractivity contribution in [3.05, 3.63) is 20.3 Å². The summed E-state index contributed by atoms with van der Waals surface area (Å²) in [5, 5.41) is 3.29. The van der Waals surface area contributed by atoms with E-state index in [0.29, 0.717) is 15.1 Å². The normalized spacial score (nSPS) is 25.0. The number of thiophene rings is 1. The summed E-state index contributed by atoms with van der Waals surface area (Å²) in [6.45, 7) is 1.97. The highest BCUT2D eigenvalue weighted by molar-refractivity contribution is 7.91. The molecular weight excluding hydrogens is 301 g/mol. The van der Waals surface area contributed by atoms with Crippen molar-refractivity contribution in [3.63, 3.8) is 0 Å². The molecule has 0 spiro atoms. The predicted octanol–water partition coefficient (Wildman–Crippen LogP) is 2.89. The highest BCUT2D eigenvalue weighted by Crippen LogP contribution is 2.35. The molecule has 2 rings (SSSR count). The second-order valence-electron chi connectivity index (χ2n) is 4.27. The molecular formula is C10H13Cl2NO2S2. The molecule has 1 fully saturated rings. The Labute approximate surface area is 115 Å². The van der Waals surface area contributed by atoms with Crippen LogP contribution in [0, 0.1) is 0 Å². The Morgan fingerprint density at radius 2 is 2.24 bits per heavy atom. The van der Waals surface area contributed by atoms with Gasteiger partial charge in [0.05, 0.1) is 20.2 Å². The summed E-state index contributed by atoms with van der Waals surface area (Å²) in [6.07, 6.45) is 0.669. The van der Waals surface area contributed by atoms with Crippen molar-refractivity contribution in [1.82, 2.24) is 5.32 Å². The van der Waals surface area contributed by atoms with Gasteiger partial charge in [-0.05, 0) is 25.0 Å². The molecule has 0 aliphatic carbocycles. The first-order valence-electron chi connectivity index (χ1n) is 5.28. The average molecular weight is 314 g/mol. The summed E-state index contributed by atoms with van der Waals surface area (Å²) < 4.78 is 24.0. The topological polar surface area (TPSA) is 46.2 Å². The van der Waals surface area contributed by atoms with Crippen molar-refractivity contribution in [3.8, 4) is 0 Å². The largest absolute Gasteiger partial charge is 0.306 e. The highest BCUT2D eigenvalue weighted by atomic mass is 35.5. The van der Waals surface area contributed by atoms with Gasteiger partial charge in [0.2, 0.25) is 0 Å². The predicted molar refractivity (Wildman–Crippen MR) is 72.9 cm³/mol. The van der Waals surface area contributed by atoms with Gasteiger partial charge in [-0.25, -0.2) is 8.42 Å². The van der Waals surface area contributed by atoms with Gasteiger partial charge in [0, 0.05) is 12.1 Å². The zero-order valence-corrected chi connectivity index (χ0v) is 12.4. The smallest absolute Gasteiger partial charge is 0.151 e. The summed E-state index contributed by atoms with van der Waals surface area (Å²) in [6, 6.07) is 1.87. The fourth-order valence-corrected chi connectivity index (χ4v) is 5.35. The van der Waals surface area contributed by atoms with E-state index in [1.54, 1.807) is 0 Å². The lowest BCUT2D eigenvalue weighted by Gasteiger charge is -2.17. The van der Waals surface area contributed by atoms with Crippen LogP contribution in [0.1, 0.15) is 24.9 Å². The van der Waals surface area contributed by atoms with Crippen LogP contribution in [0.2, 0.25) is 8.67 Å². The van der Waals surface area contributed by atoms with E-state index in [0.717, 1.165) is 5.56 Å². The van der Waals surface area contributed by atoms with Crippen molar-refractivity contribution in [1.29, 1.82) is 0 Å². The van der Waals surface area contributed by atoms with Crippen LogP contribution in [0.15, 0.2) is 6.07 Å². The van der Waals surface area contributed by atoms with Crippen LogP contribution < -0.4 is 5.32 Å². The molecule has 1 aromatic heterocycles. The maximum absolute atomic E-state index is 11.3. The Morgan fingerprint density at radius 1 is 1.53 bits per heavy atom. The van der Waals surface area contributed by atoms with Crippen molar-refractivity contribution in [2.75, 3.05) is 11.5 Å². The van der Waals surface area contributed by atoms with Gasteiger partial charge in [-0.2, -0.15) is 0 Å². The summed E-state index contributed by atoms with van der Waals surface area (Å²) in [5.74, 6) is 0.488. The molecule has 2 heterocycles. The van der Waals surface area contributed by atoms with E-state index in [1.807, 2.05) is 13.0 Å². The molecule has 0 aromatic carbocycles. The molecule has 1 N–H and O–H groups in total. The minimum Gasteiger partial charge on any atom is -0.306 e. The summed E-state index contributed by atoms with van der Waals surface area (Å²) in [7, 11) is -2.85. The van der Waals surface area contributed by atoms with Gasteiger partial charge in [-0.1, -0.05) is 23.2 Å². The van der Waals surface area contributed by atoms with E-state index < -0.39 is 9.84 Å². The van der Waals surface area contributed by atoms with Crippen molar-refractivity contribution in [2.24, 2.45) is 0 Å². The summed E-state index contributed by atoms with van der Waals surface area (Å²) in [4.78, 5) is 0. The molecule has 17 heavy (non-hydrogen) atoms. The third kappa shape index (κ3) is 3.35. The van der Waals surface area contributed by atoms with Crippen LogP contribution in [0.4, 0.5) is 0 Å². The third-order valence-corrected chi connectivity index (χ3v) is 6.15. The summed E-state index contributed by atoms with van der Waals surface area (Å²) in [5.41, 5.74) is 0.936. The third-order valence-electron chi connectivity index (χ3n) is 2.87. The minimum absolute atomic E-state index is 0.0181. The first kappa shape index (κ1) is 13.6. The van der Waals surface area contributed by atoms with E-state index in [1.165, 1.54) is 11.3 Å². The number of halogens is 2. The number of rotatable bonds is 3. The molecule has 3 nitrogen and oxygen atoms in total. The number of nitrogens with one attached hydrogen (secondary N) is 1. The van der Waals surface area contributed by atoms with Gasteiger partial charge in [0.15, 0.2) is 9.84 Å². The van der Waals surface area contributed by atoms with Crippen LogP contribution in [0.3, 0.4) is 0 Å². The summed E-state index contributed by atoms with van der Waals surface area (Å²) >= 11 is 13.3. The first-order chi connectivity index (χ1) is 7.87. The van der Waals surface area contributed by atoms with Gasteiger partial charge in [0.25, 0.3) is 0 Å². The average Bonchev–Trinajstić information content (AvgIpc) is 2.69. The lowest BCUT2D eigenvalue weighted by molar-refractivity contribution is 0.486. The molecule has 1 aliphatic rings. The molecule has 1 aliphatic heterocycles. The molecule has 0 saturated carbocycles. The molecule has 0 amide bonds. The van der Waals surface area contributed by atoms with E-state index in [-0.39, 0.29) is 23.6 Å². The quantitative estimate of drug-likeness (QED) is 0.933. The van der Waals surface area contributed by atoms with Gasteiger partial charge in [0.1, 0.15) is 0 Å². The monoisotopic (exact) mass is 313 g/mol. The van der Waals surface area contributed by atoms with E-state index in [4.69, 9.17) is 23.2 Å².